The average Bonchev–Trinajstić information content (AvgIpc) is 3.08. The van der Waals surface area contributed by atoms with Crippen molar-refractivity contribution in [1.29, 1.82) is 0 Å². The largest absolute Gasteiger partial charge is 0.494 e. The van der Waals surface area contributed by atoms with Gasteiger partial charge in [0.1, 0.15) is 11.4 Å². The van der Waals surface area contributed by atoms with Crippen molar-refractivity contribution in [2.45, 2.75) is 26.3 Å². The van der Waals surface area contributed by atoms with Gasteiger partial charge in [0.2, 0.25) is 5.91 Å². The van der Waals surface area contributed by atoms with Crippen LogP contribution >= 0.6 is 0 Å². The summed E-state index contributed by atoms with van der Waals surface area (Å²) in [6, 6.07) is 12.7. The molecule has 134 valence electrons. The number of hydrogen-bond acceptors (Lipinski definition) is 4. The fourth-order valence-electron chi connectivity index (χ4n) is 2.63. The molecule has 0 fully saturated rings. The van der Waals surface area contributed by atoms with Crippen molar-refractivity contribution in [2.24, 2.45) is 0 Å². The maximum absolute atomic E-state index is 12.2. The molecule has 0 saturated carbocycles. The number of ketones is 1. The summed E-state index contributed by atoms with van der Waals surface area (Å²) >= 11 is 0. The van der Waals surface area contributed by atoms with E-state index < -0.39 is 0 Å². The number of fused-ring (bicyclic) bond motifs is 1. The van der Waals surface area contributed by atoms with Gasteiger partial charge < -0.3 is 14.5 Å². The molecule has 1 N–H and O–H groups in total. The molecule has 1 aromatic carbocycles. The number of nitrogens with one attached hydrogen (secondary N) is 1. The zero-order chi connectivity index (χ0) is 18.4. The molecule has 0 aliphatic heterocycles. The first-order chi connectivity index (χ1) is 12.7. The van der Waals surface area contributed by atoms with Gasteiger partial charge in [-0.3, -0.25) is 9.59 Å². The smallest absolute Gasteiger partial charge is 0.220 e. The molecule has 6 heteroatoms. The maximum atomic E-state index is 12.2. The number of amides is 1. The van der Waals surface area contributed by atoms with Gasteiger partial charge in [0.05, 0.1) is 18.8 Å². The molecular formula is C20H21N3O3. The van der Waals surface area contributed by atoms with E-state index in [1.807, 2.05) is 41.9 Å². The van der Waals surface area contributed by atoms with Gasteiger partial charge in [-0.2, -0.15) is 0 Å². The molecule has 0 atom stereocenters. The molecule has 2 aromatic heterocycles. The summed E-state index contributed by atoms with van der Waals surface area (Å²) in [6.07, 6.45) is 4.11. The third kappa shape index (κ3) is 4.47. The van der Waals surface area contributed by atoms with Crippen LogP contribution in [0.4, 0.5) is 0 Å². The molecule has 0 aliphatic rings. The normalized spacial score (nSPS) is 10.7. The molecule has 0 spiro atoms. The minimum Gasteiger partial charge on any atom is -0.494 e. The lowest BCUT2D eigenvalue weighted by Gasteiger charge is -2.05. The highest BCUT2D eigenvalue weighted by Crippen LogP contribution is 2.14. The van der Waals surface area contributed by atoms with Crippen LogP contribution < -0.4 is 10.1 Å². The number of benzene rings is 1. The first-order valence-corrected chi connectivity index (χ1v) is 8.61. The molecule has 0 aliphatic carbocycles. The minimum atomic E-state index is -0.165. The summed E-state index contributed by atoms with van der Waals surface area (Å²) in [5, 5.41) is 2.81. The topological polar surface area (TPSA) is 72.7 Å². The quantitative estimate of drug-likeness (QED) is 0.633. The van der Waals surface area contributed by atoms with E-state index in [9.17, 15) is 9.59 Å². The zero-order valence-corrected chi connectivity index (χ0v) is 14.6. The molecule has 6 nitrogen and oxygen atoms in total. The lowest BCUT2D eigenvalue weighted by atomic mass is 10.1. The van der Waals surface area contributed by atoms with E-state index in [0.29, 0.717) is 18.7 Å². The first kappa shape index (κ1) is 17.7. The number of Topliss-reactive ketones (excluding diaryl/α,β-unsaturated/α-hetero) is 1. The van der Waals surface area contributed by atoms with Crippen LogP contribution in [0.25, 0.3) is 5.65 Å². The van der Waals surface area contributed by atoms with Crippen molar-refractivity contribution in [1.82, 2.24) is 14.7 Å². The second-order valence-electron chi connectivity index (χ2n) is 5.86. The Morgan fingerprint density at radius 3 is 2.65 bits per heavy atom. The summed E-state index contributed by atoms with van der Waals surface area (Å²) in [5.41, 5.74) is 2.20. The van der Waals surface area contributed by atoms with Gasteiger partial charge in [-0.05, 0) is 43.3 Å². The summed E-state index contributed by atoms with van der Waals surface area (Å²) in [7, 11) is 0. The molecule has 0 bridgehead atoms. The third-order valence-corrected chi connectivity index (χ3v) is 3.95. The van der Waals surface area contributed by atoms with Crippen molar-refractivity contribution in [3.63, 3.8) is 0 Å². The molecule has 1 amide bonds. The SMILES string of the molecule is CCOc1ccc(C(=O)CCC(=O)NCc2cn3ccccc3n2)cc1. The van der Waals surface area contributed by atoms with Crippen LogP contribution in [-0.2, 0) is 11.3 Å². The Hall–Kier alpha value is -3.15. The molecule has 3 rings (SSSR count). The third-order valence-electron chi connectivity index (χ3n) is 3.95. The van der Waals surface area contributed by atoms with Crippen molar-refractivity contribution in [3.05, 3.63) is 66.1 Å². The number of hydrogen-bond donors (Lipinski definition) is 1. The monoisotopic (exact) mass is 351 g/mol. The first-order valence-electron chi connectivity index (χ1n) is 8.61. The van der Waals surface area contributed by atoms with E-state index in [1.165, 1.54) is 0 Å². The Morgan fingerprint density at radius 2 is 1.92 bits per heavy atom. The van der Waals surface area contributed by atoms with Crippen LogP contribution in [0.15, 0.2) is 54.9 Å². The van der Waals surface area contributed by atoms with E-state index in [0.717, 1.165) is 17.1 Å². The van der Waals surface area contributed by atoms with Crippen LogP contribution in [0, 0.1) is 0 Å². The average molecular weight is 351 g/mol. The highest BCUT2D eigenvalue weighted by molar-refractivity contribution is 5.98. The summed E-state index contributed by atoms with van der Waals surface area (Å²) in [5.74, 6) is 0.506. The molecule has 26 heavy (non-hydrogen) atoms. The van der Waals surface area contributed by atoms with Crippen molar-refractivity contribution in [2.75, 3.05) is 6.61 Å². The molecule has 0 saturated heterocycles. The number of ether oxygens (including phenoxy) is 1. The Balaban J connectivity index is 1.46. The van der Waals surface area contributed by atoms with Crippen LogP contribution in [0.2, 0.25) is 0 Å². The number of carbonyl (C=O) groups is 2. The van der Waals surface area contributed by atoms with Crippen molar-refractivity contribution >= 4 is 17.3 Å². The zero-order valence-electron chi connectivity index (χ0n) is 14.6. The van der Waals surface area contributed by atoms with E-state index >= 15 is 0 Å². The summed E-state index contributed by atoms with van der Waals surface area (Å²) < 4.78 is 7.25. The van der Waals surface area contributed by atoms with Crippen LogP contribution in [-0.4, -0.2) is 27.7 Å². The minimum absolute atomic E-state index is 0.0593. The fourth-order valence-corrected chi connectivity index (χ4v) is 2.63. The maximum Gasteiger partial charge on any atom is 0.220 e. The van der Waals surface area contributed by atoms with Crippen LogP contribution in [0.1, 0.15) is 35.8 Å². The van der Waals surface area contributed by atoms with E-state index in [2.05, 4.69) is 10.3 Å². The standard InChI is InChI=1S/C20H21N3O3/c1-2-26-17-8-6-15(7-9-17)18(24)10-11-20(25)21-13-16-14-23-12-4-3-5-19(23)22-16/h3-9,12,14H,2,10-11,13H2,1H3,(H,21,25). The Labute approximate surface area is 151 Å². The Kier molecular flexibility index (Phi) is 5.63. The van der Waals surface area contributed by atoms with Crippen molar-refractivity contribution < 1.29 is 14.3 Å². The van der Waals surface area contributed by atoms with Gasteiger partial charge in [-0.15, -0.1) is 0 Å². The Bertz CT molecular complexity index is 867. The van der Waals surface area contributed by atoms with Gasteiger partial charge in [-0.1, -0.05) is 6.07 Å². The molecule has 0 radical (unpaired) electrons. The van der Waals surface area contributed by atoms with E-state index in [1.54, 1.807) is 24.3 Å². The summed E-state index contributed by atoms with van der Waals surface area (Å²) in [4.78, 5) is 28.6. The van der Waals surface area contributed by atoms with Gasteiger partial charge in [0.25, 0.3) is 0 Å². The second-order valence-corrected chi connectivity index (χ2v) is 5.86. The predicted molar refractivity (Wildman–Crippen MR) is 98.2 cm³/mol. The number of imidazole rings is 1. The number of aromatic nitrogens is 2. The van der Waals surface area contributed by atoms with Gasteiger partial charge in [0, 0.05) is 30.8 Å². The fraction of sp³-hybridized carbons (Fsp3) is 0.250. The van der Waals surface area contributed by atoms with Crippen LogP contribution in [0.5, 0.6) is 5.75 Å². The Morgan fingerprint density at radius 1 is 1.12 bits per heavy atom. The summed E-state index contributed by atoms with van der Waals surface area (Å²) in [6.45, 7) is 2.83. The number of rotatable bonds is 8. The molecule has 2 heterocycles. The highest BCUT2D eigenvalue weighted by atomic mass is 16.5. The second kappa shape index (κ2) is 8.29. The predicted octanol–water partition coefficient (Wildman–Crippen LogP) is 3.01. The van der Waals surface area contributed by atoms with Gasteiger partial charge in [0.15, 0.2) is 5.78 Å². The molecule has 3 aromatic rings. The van der Waals surface area contributed by atoms with Gasteiger partial charge >= 0.3 is 0 Å². The lowest BCUT2D eigenvalue weighted by molar-refractivity contribution is -0.121. The number of nitrogens with zero attached hydrogens (tertiary/aromatic N) is 2. The van der Waals surface area contributed by atoms with E-state index in [4.69, 9.17) is 4.74 Å². The van der Waals surface area contributed by atoms with Crippen LogP contribution in [0.3, 0.4) is 0 Å². The molecular weight excluding hydrogens is 330 g/mol. The molecule has 0 unspecified atom stereocenters. The lowest BCUT2D eigenvalue weighted by Crippen LogP contribution is -2.23. The number of carbonyl (C=O) groups excluding carboxylic acids is 2. The number of pyridine rings is 1. The van der Waals surface area contributed by atoms with Gasteiger partial charge in [-0.25, -0.2) is 4.98 Å². The van der Waals surface area contributed by atoms with E-state index in [-0.39, 0.29) is 24.5 Å². The van der Waals surface area contributed by atoms with Crippen molar-refractivity contribution in [3.8, 4) is 5.75 Å². The highest BCUT2D eigenvalue weighted by Gasteiger charge is 2.10.